The highest BCUT2D eigenvalue weighted by molar-refractivity contribution is 9.10. The van der Waals surface area contributed by atoms with E-state index in [0.717, 1.165) is 17.4 Å². The van der Waals surface area contributed by atoms with Gasteiger partial charge in [-0.15, -0.1) is 0 Å². The summed E-state index contributed by atoms with van der Waals surface area (Å²) in [5, 5.41) is 7.84. The first kappa shape index (κ1) is 14.3. The molecule has 0 fully saturated rings. The molecule has 0 saturated carbocycles. The molecule has 0 aliphatic rings. The van der Waals surface area contributed by atoms with E-state index in [0.29, 0.717) is 12.1 Å². The molecule has 4 heteroatoms. The zero-order valence-electron chi connectivity index (χ0n) is 11.4. The lowest BCUT2D eigenvalue weighted by atomic mass is 10.1. The molecule has 0 saturated heterocycles. The van der Waals surface area contributed by atoms with E-state index >= 15 is 0 Å². The summed E-state index contributed by atoms with van der Waals surface area (Å²) in [4.78, 5) is 0. The van der Waals surface area contributed by atoms with E-state index in [2.05, 4.69) is 64.5 Å². The van der Waals surface area contributed by atoms with Gasteiger partial charge in [-0.2, -0.15) is 5.10 Å². The predicted octanol–water partition coefficient (Wildman–Crippen LogP) is 3.78. The van der Waals surface area contributed by atoms with Crippen molar-refractivity contribution < 1.29 is 0 Å². The van der Waals surface area contributed by atoms with Gasteiger partial charge >= 0.3 is 0 Å². The van der Waals surface area contributed by atoms with E-state index in [9.17, 15) is 0 Å². The minimum absolute atomic E-state index is 0.352. The van der Waals surface area contributed by atoms with Gasteiger partial charge in [0.25, 0.3) is 0 Å². The molecule has 2 atom stereocenters. The number of halogens is 1. The minimum atomic E-state index is 0.352. The summed E-state index contributed by atoms with van der Waals surface area (Å²) < 4.78 is 3.10. The van der Waals surface area contributed by atoms with Crippen molar-refractivity contribution in [2.24, 2.45) is 0 Å². The van der Waals surface area contributed by atoms with Crippen LogP contribution in [0.2, 0.25) is 0 Å². The Morgan fingerprint density at radius 2 is 2.16 bits per heavy atom. The molecular formula is C15H20BrN3. The van der Waals surface area contributed by atoms with Gasteiger partial charge in [0.1, 0.15) is 0 Å². The van der Waals surface area contributed by atoms with Gasteiger partial charge in [0.05, 0.1) is 0 Å². The number of hydrogen-bond donors (Lipinski definition) is 1. The number of aromatic nitrogens is 2. The fourth-order valence-corrected chi connectivity index (χ4v) is 2.56. The van der Waals surface area contributed by atoms with Crippen molar-refractivity contribution in [2.45, 2.75) is 38.9 Å². The zero-order valence-corrected chi connectivity index (χ0v) is 13.0. The van der Waals surface area contributed by atoms with Crippen LogP contribution in [0.4, 0.5) is 0 Å². The normalized spacial score (nSPS) is 14.3. The second-order valence-electron chi connectivity index (χ2n) is 4.90. The summed E-state index contributed by atoms with van der Waals surface area (Å²) in [5.74, 6) is 0. The summed E-state index contributed by atoms with van der Waals surface area (Å²) in [5.41, 5.74) is 1.31. The number of hydrogen-bond acceptors (Lipinski definition) is 2. The number of benzene rings is 1. The molecule has 0 spiro atoms. The maximum atomic E-state index is 4.22. The Morgan fingerprint density at radius 3 is 2.84 bits per heavy atom. The monoisotopic (exact) mass is 321 g/mol. The molecule has 0 aliphatic heterocycles. The van der Waals surface area contributed by atoms with Crippen LogP contribution in [-0.4, -0.2) is 15.8 Å². The van der Waals surface area contributed by atoms with E-state index in [1.807, 2.05) is 23.1 Å². The Kier molecular flexibility index (Phi) is 5.16. The van der Waals surface area contributed by atoms with E-state index in [-0.39, 0.29) is 0 Å². The van der Waals surface area contributed by atoms with Crippen LogP contribution in [0.1, 0.15) is 31.9 Å². The quantitative estimate of drug-likeness (QED) is 0.877. The van der Waals surface area contributed by atoms with E-state index in [1.54, 1.807) is 0 Å². The number of nitrogens with one attached hydrogen (secondary N) is 1. The lowest BCUT2D eigenvalue weighted by Crippen LogP contribution is -2.30. The predicted molar refractivity (Wildman–Crippen MR) is 82.0 cm³/mol. The van der Waals surface area contributed by atoms with Crippen LogP contribution < -0.4 is 5.32 Å². The molecule has 0 unspecified atom stereocenters. The average Bonchev–Trinajstić information content (AvgIpc) is 2.89. The number of aryl methyl sites for hydroxylation is 1. The SMILES string of the molecule is C[C@H](CCn1cccn1)N[C@@H](C)c1cccc(Br)c1. The largest absolute Gasteiger partial charge is 0.308 e. The Balaban J connectivity index is 1.83. The van der Waals surface area contributed by atoms with Crippen molar-refractivity contribution in [1.82, 2.24) is 15.1 Å². The van der Waals surface area contributed by atoms with Crippen molar-refractivity contribution in [3.05, 3.63) is 52.8 Å². The van der Waals surface area contributed by atoms with E-state index < -0.39 is 0 Å². The lowest BCUT2D eigenvalue weighted by molar-refractivity contribution is 0.421. The maximum absolute atomic E-state index is 4.22. The molecule has 0 amide bonds. The third-order valence-corrected chi connectivity index (χ3v) is 3.73. The third-order valence-electron chi connectivity index (χ3n) is 3.23. The Bertz CT molecular complexity index is 496. The Hall–Kier alpha value is -1.13. The first-order valence-corrected chi connectivity index (χ1v) is 7.43. The highest BCUT2D eigenvalue weighted by Gasteiger charge is 2.09. The van der Waals surface area contributed by atoms with Crippen molar-refractivity contribution in [3.8, 4) is 0 Å². The molecule has 102 valence electrons. The fraction of sp³-hybridized carbons (Fsp3) is 0.400. The van der Waals surface area contributed by atoms with Crippen molar-refractivity contribution in [2.75, 3.05) is 0 Å². The molecule has 19 heavy (non-hydrogen) atoms. The molecular weight excluding hydrogens is 302 g/mol. The van der Waals surface area contributed by atoms with E-state index in [1.165, 1.54) is 5.56 Å². The summed E-state index contributed by atoms with van der Waals surface area (Å²) in [6.07, 6.45) is 4.90. The molecule has 0 radical (unpaired) electrons. The number of rotatable bonds is 6. The molecule has 1 aromatic carbocycles. The van der Waals surface area contributed by atoms with Gasteiger partial charge in [0.2, 0.25) is 0 Å². The fourth-order valence-electron chi connectivity index (χ4n) is 2.14. The van der Waals surface area contributed by atoms with Gasteiger partial charge < -0.3 is 5.32 Å². The Labute approximate surface area is 123 Å². The first-order chi connectivity index (χ1) is 9.15. The topological polar surface area (TPSA) is 29.9 Å². The molecule has 0 bridgehead atoms. The highest BCUT2D eigenvalue weighted by atomic mass is 79.9. The van der Waals surface area contributed by atoms with Crippen LogP contribution in [0.25, 0.3) is 0 Å². The van der Waals surface area contributed by atoms with Crippen molar-refractivity contribution in [3.63, 3.8) is 0 Å². The molecule has 2 rings (SSSR count). The van der Waals surface area contributed by atoms with Crippen molar-refractivity contribution in [1.29, 1.82) is 0 Å². The minimum Gasteiger partial charge on any atom is -0.308 e. The summed E-state index contributed by atoms with van der Waals surface area (Å²) in [7, 11) is 0. The standard InChI is InChI=1S/C15H20BrN3/c1-12(7-10-19-9-4-8-17-19)18-13(2)14-5-3-6-15(16)11-14/h3-6,8-9,11-13,18H,7,10H2,1-2H3/t12-,13+/m1/s1. The lowest BCUT2D eigenvalue weighted by Gasteiger charge is -2.20. The Morgan fingerprint density at radius 1 is 1.32 bits per heavy atom. The van der Waals surface area contributed by atoms with Crippen LogP contribution in [0, 0.1) is 0 Å². The van der Waals surface area contributed by atoms with Gasteiger partial charge in [-0.3, -0.25) is 4.68 Å². The van der Waals surface area contributed by atoms with Gasteiger partial charge in [-0.05, 0) is 44.0 Å². The smallest absolute Gasteiger partial charge is 0.0489 e. The van der Waals surface area contributed by atoms with Gasteiger partial charge in [0.15, 0.2) is 0 Å². The number of nitrogens with zero attached hydrogens (tertiary/aromatic N) is 2. The molecule has 1 aromatic heterocycles. The second kappa shape index (κ2) is 6.87. The second-order valence-corrected chi connectivity index (χ2v) is 5.82. The van der Waals surface area contributed by atoms with Crippen LogP contribution >= 0.6 is 15.9 Å². The summed E-state index contributed by atoms with van der Waals surface area (Å²) in [6, 6.07) is 11.2. The van der Waals surface area contributed by atoms with Crippen LogP contribution in [0.15, 0.2) is 47.2 Å². The summed E-state index contributed by atoms with van der Waals surface area (Å²) in [6.45, 7) is 5.37. The molecule has 1 N–H and O–H groups in total. The highest BCUT2D eigenvalue weighted by Crippen LogP contribution is 2.18. The van der Waals surface area contributed by atoms with Crippen LogP contribution in [0.5, 0.6) is 0 Å². The van der Waals surface area contributed by atoms with E-state index in [4.69, 9.17) is 0 Å². The molecule has 0 aliphatic carbocycles. The van der Waals surface area contributed by atoms with Crippen LogP contribution in [-0.2, 0) is 6.54 Å². The first-order valence-electron chi connectivity index (χ1n) is 6.64. The maximum Gasteiger partial charge on any atom is 0.0489 e. The average molecular weight is 322 g/mol. The molecule has 3 nitrogen and oxygen atoms in total. The molecule has 2 aromatic rings. The van der Waals surface area contributed by atoms with Gasteiger partial charge in [-0.1, -0.05) is 28.1 Å². The van der Waals surface area contributed by atoms with Crippen molar-refractivity contribution >= 4 is 15.9 Å². The van der Waals surface area contributed by atoms with Crippen LogP contribution in [0.3, 0.4) is 0 Å². The summed E-state index contributed by atoms with van der Waals surface area (Å²) >= 11 is 3.51. The third kappa shape index (κ3) is 4.48. The molecule has 1 heterocycles. The van der Waals surface area contributed by atoms with Gasteiger partial charge in [0, 0.05) is 35.5 Å². The zero-order chi connectivity index (χ0) is 13.7. The van der Waals surface area contributed by atoms with Gasteiger partial charge in [-0.25, -0.2) is 0 Å².